The summed E-state index contributed by atoms with van der Waals surface area (Å²) in [4.78, 5) is 45.8. The molecule has 9 nitrogen and oxygen atoms in total. The average Bonchev–Trinajstić information content (AvgIpc) is 1.55. The fourth-order valence-electron chi connectivity index (χ4n) is 15.9. The maximum Gasteiger partial charge on any atom is 0.164 e. The Hall–Kier alpha value is -15.5. The topological polar surface area (TPSA) is 116 Å². The van der Waals surface area contributed by atoms with Gasteiger partial charge in [0.2, 0.25) is 0 Å². The van der Waals surface area contributed by atoms with Gasteiger partial charge in [0.25, 0.3) is 0 Å². The molecule has 6 aromatic heterocycles. The Morgan fingerprint density at radius 3 is 0.800 bits per heavy atom. The molecule has 0 atom stereocenters. The zero-order valence-electron chi connectivity index (χ0n) is 64.7. The summed E-state index contributed by atoms with van der Waals surface area (Å²) in [6, 6.07) is 145. The van der Waals surface area contributed by atoms with Crippen molar-refractivity contribution < 1.29 is 0 Å². The van der Waals surface area contributed by atoms with E-state index in [1.54, 1.807) is 0 Å². The van der Waals surface area contributed by atoms with Crippen LogP contribution in [0.25, 0.3) is 220 Å². The van der Waals surface area contributed by atoms with Crippen molar-refractivity contribution in [2.24, 2.45) is 0 Å². The van der Waals surface area contributed by atoms with Crippen LogP contribution in [0.2, 0.25) is 0 Å². The second-order valence-electron chi connectivity index (χ2n) is 29.5. The Bertz CT molecular complexity index is 7300. The highest BCUT2D eigenvalue weighted by Crippen LogP contribution is 2.48. The summed E-state index contributed by atoms with van der Waals surface area (Å²) in [5.74, 6) is 3.99. The van der Waals surface area contributed by atoms with Crippen molar-refractivity contribution >= 4 is 73.8 Å². The first-order chi connectivity index (χ1) is 59.4. The second-order valence-corrected chi connectivity index (χ2v) is 31.6. The molecule has 0 fully saturated rings. The molecule has 562 valence electrons. The molecule has 6 heterocycles. The Balaban J connectivity index is 0.000000149. The molecule has 0 N–H and O–H groups in total. The summed E-state index contributed by atoms with van der Waals surface area (Å²) < 4.78 is 4.99. The molecule has 0 aliphatic carbocycles. The van der Waals surface area contributed by atoms with E-state index in [0.717, 1.165) is 140 Å². The van der Waals surface area contributed by atoms with E-state index < -0.39 is 0 Å². The van der Waals surface area contributed by atoms with Gasteiger partial charge in [-0.05, 0) is 87.6 Å². The molecule has 0 aliphatic heterocycles. The van der Waals surface area contributed by atoms with E-state index in [4.69, 9.17) is 44.9 Å². The Morgan fingerprint density at radius 2 is 0.392 bits per heavy atom. The zero-order valence-corrected chi connectivity index (χ0v) is 66.3. The van der Waals surface area contributed by atoms with Crippen LogP contribution in [0.15, 0.2) is 419 Å². The third-order valence-corrected chi connectivity index (χ3v) is 24.3. The molecule has 16 aromatic carbocycles. The molecule has 0 bridgehead atoms. The van der Waals surface area contributed by atoms with Crippen LogP contribution in [0.5, 0.6) is 0 Å². The number of hydrogen-bond acceptors (Lipinski definition) is 11. The quantitative estimate of drug-likeness (QED) is 0.0989. The SMILES string of the molecule is c1ccc(-c2cc(-c3ccc(-c4cc(-c5ccc(-c6nc(-c7ccccc7)cc(-c7ccccc7)n6)cc5)c5sc6ccccc6c5c4)cc3)nc(-c3ccccc3)n2)cc1.c1ccc(-c2cc(-c3ccc(-c4cc(-c5nc(-c6ccccc6)nc(-c6ccccc6)n5)cc5c4sc4ccccc45)c4ccccc34)nc(-c3ccccc3)n2)cc1. The number of rotatable bonds is 15. The Labute approximate surface area is 701 Å². The van der Waals surface area contributed by atoms with E-state index in [9.17, 15) is 0 Å². The van der Waals surface area contributed by atoms with Gasteiger partial charge in [0.05, 0.1) is 34.2 Å². The Kier molecular flexibility index (Phi) is 19.2. The van der Waals surface area contributed by atoms with E-state index in [1.807, 2.05) is 193 Å². The monoisotopic (exact) mass is 1570 g/mol. The largest absolute Gasteiger partial charge is 0.228 e. The lowest BCUT2D eigenvalue weighted by molar-refractivity contribution is 1.07. The van der Waals surface area contributed by atoms with Gasteiger partial charge in [-0.15, -0.1) is 22.7 Å². The number of hydrogen-bond donors (Lipinski definition) is 0. The van der Waals surface area contributed by atoms with E-state index in [1.165, 1.54) is 45.9 Å². The van der Waals surface area contributed by atoms with Crippen molar-refractivity contribution in [3.8, 4) is 169 Å². The second kappa shape index (κ2) is 31.9. The van der Waals surface area contributed by atoms with Crippen molar-refractivity contribution in [1.29, 1.82) is 0 Å². The molecule has 0 unspecified atom stereocenters. The third kappa shape index (κ3) is 14.4. The molecule has 0 amide bonds. The molecule has 11 heteroatoms. The molecule has 22 aromatic rings. The van der Waals surface area contributed by atoms with Crippen LogP contribution < -0.4 is 0 Å². The van der Waals surface area contributed by atoms with Gasteiger partial charge >= 0.3 is 0 Å². The van der Waals surface area contributed by atoms with Gasteiger partial charge < -0.3 is 0 Å². The number of fused-ring (bicyclic) bond motifs is 7. The number of nitrogens with zero attached hydrogens (tertiary/aromatic N) is 9. The van der Waals surface area contributed by atoms with Crippen molar-refractivity contribution in [1.82, 2.24) is 44.9 Å². The van der Waals surface area contributed by atoms with Gasteiger partial charge in [0, 0.05) is 118 Å². The first-order valence-electron chi connectivity index (χ1n) is 40.0. The minimum atomic E-state index is 0.625. The highest BCUT2D eigenvalue weighted by atomic mass is 32.1. The molecule has 0 saturated heterocycles. The van der Waals surface area contributed by atoms with Gasteiger partial charge in [-0.3, -0.25) is 0 Å². The molecule has 22 rings (SSSR count). The molecule has 0 saturated carbocycles. The van der Waals surface area contributed by atoms with Crippen LogP contribution in [0, 0.1) is 0 Å². The maximum atomic E-state index is 5.22. The fraction of sp³-hybridized carbons (Fsp3) is 0. The van der Waals surface area contributed by atoms with Crippen molar-refractivity contribution in [3.63, 3.8) is 0 Å². The lowest BCUT2D eigenvalue weighted by atomic mass is 9.91. The number of benzene rings is 16. The normalized spacial score (nSPS) is 11.3. The summed E-state index contributed by atoms with van der Waals surface area (Å²) in [6.45, 7) is 0. The first-order valence-corrected chi connectivity index (χ1v) is 41.6. The Morgan fingerprint density at radius 1 is 0.133 bits per heavy atom. The lowest BCUT2D eigenvalue weighted by Gasteiger charge is -2.15. The van der Waals surface area contributed by atoms with E-state index in [2.05, 4.69) is 249 Å². The minimum absolute atomic E-state index is 0.625. The smallest absolute Gasteiger partial charge is 0.164 e. The van der Waals surface area contributed by atoms with Gasteiger partial charge in [0.15, 0.2) is 34.9 Å². The molecular weight excluding hydrogens is 1500 g/mol. The predicted octanol–water partition coefficient (Wildman–Crippen LogP) is 28.8. The van der Waals surface area contributed by atoms with Gasteiger partial charge in [0.1, 0.15) is 0 Å². The van der Waals surface area contributed by atoms with Crippen molar-refractivity contribution in [3.05, 3.63) is 419 Å². The third-order valence-electron chi connectivity index (χ3n) is 21.9. The maximum absolute atomic E-state index is 5.22. The van der Waals surface area contributed by atoms with E-state index in [-0.39, 0.29) is 0 Å². The standard InChI is InChI=1S/C56H36N4S.C53H33N5S/c1-5-15-39(16-6-1)49-35-50(40-17-7-2-8-18-40)59-56(58-49)44-31-27-38(28-32-44)47-33-45(34-48-46-23-13-14-24-53(46)61-54(47)48)37-25-29-42(30-26-37)52-36-51(41-19-9-3-10-20-41)57-55(60-52)43-21-11-4-12-22-43;1-5-17-34(18-6-1)46-33-47(55-50(54-46)35-19-7-2-8-20-35)42-30-29-41(39-25-13-14-26-40(39)42)44-31-38(32-45-43-27-15-16-28-48(43)59-49(44)45)53-57-51(36-21-9-3-10-22-36)56-52(58-53)37-23-11-4-12-24-37/h1-36H;1-33H. The van der Waals surface area contributed by atoms with Crippen LogP contribution in [0.4, 0.5) is 0 Å². The van der Waals surface area contributed by atoms with Crippen LogP contribution >= 0.6 is 22.7 Å². The summed E-state index contributed by atoms with van der Waals surface area (Å²) >= 11 is 3.67. The van der Waals surface area contributed by atoms with Crippen LogP contribution in [0.3, 0.4) is 0 Å². The van der Waals surface area contributed by atoms with Crippen LogP contribution in [-0.4, -0.2) is 44.9 Å². The van der Waals surface area contributed by atoms with Gasteiger partial charge in [-0.2, -0.15) is 0 Å². The van der Waals surface area contributed by atoms with Crippen molar-refractivity contribution in [2.75, 3.05) is 0 Å². The highest BCUT2D eigenvalue weighted by Gasteiger charge is 2.23. The zero-order chi connectivity index (χ0) is 79.7. The van der Waals surface area contributed by atoms with E-state index in [0.29, 0.717) is 34.9 Å². The van der Waals surface area contributed by atoms with Gasteiger partial charge in [-0.25, -0.2) is 44.9 Å². The molecule has 0 radical (unpaired) electrons. The average molecular weight is 1570 g/mol. The first kappa shape index (κ1) is 72.2. The summed E-state index contributed by atoms with van der Waals surface area (Å²) in [5, 5.41) is 7.14. The molecule has 0 aliphatic rings. The van der Waals surface area contributed by atoms with Crippen LogP contribution in [-0.2, 0) is 0 Å². The predicted molar refractivity (Wildman–Crippen MR) is 498 cm³/mol. The molecule has 120 heavy (non-hydrogen) atoms. The summed E-state index contributed by atoms with van der Waals surface area (Å²) in [7, 11) is 0. The summed E-state index contributed by atoms with van der Waals surface area (Å²) in [5.41, 5.74) is 24.2. The number of aromatic nitrogens is 9. The van der Waals surface area contributed by atoms with Crippen LogP contribution in [0.1, 0.15) is 0 Å². The lowest BCUT2D eigenvalue weighted by Crippen LogP contribution is -2.00. The summed E-state index contributed by atoms with van der Waals surface area (Å²) in [6.07, 6.45) is 0. The molecule has 0 spiro atoms. The van der Waals surface area contributed by atoms with Crippen molar-refractivity contribution in [2.45, 2.75) is 0 Å². The fourth-order valence-corrected chi connectivity index (χ4v) is 18.3. The molecular formula is C109H69N9S2. The van der Waals surface area contributed by atoms with Gasteiger partial charge in [-0.1, -0.05) is 364 Å². The number of thiophene rings is 2. The highest BCUT2D eigenvalue weighted by molar-refractivity contribution is 7.26. The minimum Gasteiger partial charge on any atom is -0.228 e. The van der Waals surface area contributed by atoms with E-state index >= 15 is 0 Å².